The predicted molar refractivity (Wildman–Crippen MR) is 67.5 cm³/mol. The zero-order valence-corrected chi connectivity index (χ0v) is 10.4. The number of anilines is 1. The van der Waals surface area contributed by atoms with Gasteiger partial charge in [0.1, 0.15) is 5.82 Å². The van der Waals surface area contributed by atoms with E-state index in [-0.39, 0.29) is 10.7 Å². The molecule has 0 saturated carbocycles. The van der Waals surface area contributed by atoms with Crippen LogP contribution in [0, 0.1) is 5.82 Å². The van der Waals surface area contributed by atoms with Crippen LogP contribution in [0.3, 0.4) is 0 Å². The maximum Gasteiger partial charge on any atom is 0.241 e. The van der Waals surface area contributed by atoms with Gasteiger partial charge in [0, 0.05) is 0 Å². The van der Waals surface area contributed by atoms with E-state index in [2.05, 4.69) is 5.32 Å². The summed E-state index contributed by atoms with van der Waals surface area (Å²) in [5.74, 6) is -0.973. The van der Waals surface area contributed by atoms with Crippen molar-refractivity contribution in [3.8, 4) is 0 Å². The first-order chi connectivity index (χ1) is 8.06. The van der Waals surface area contributed by atoms with Crippen molar-refractivity contribution in [1.82, 2.24) is 0 Å². The van der Waals surface area contributed by atoms with Crippen LogP contribution in [0.25, 0.3) is 0 Å². The summed E-state index contributed by atoms with van der Waals surface area (Å²) < 4.78 is 13.4. The lowest BCUT2D eigenvalue weighted by atomic mass is 10.1. The SMILES string of the molecule is CCCC[C@H](N)C(=O)Nc1c(F)cccc1Cl. The fourth-order valence-corrected chi connectivity index (χ4v) is 1.60. The average molecular weight is 259 g/mol. The molecule has 0 radical (unpaired) electrons. The van der Waals surface area contributed by atoms with E-state index >= 15 is 0 Å². The van der Waals surface area contributed by atoms with Crippen LogP contribution in [0.4, 0.5) is 10.1 Å². The molecule has 0 aliphatic heterocycles. The van der Waals surface area contributed by atoms with Crippen LogP contribution < -0.4 is 11.1 Å². The molecule has 1 rings (SSSR count). The summed E-state index contributed by atoms with van der Waals surface area (Å²) >= 11 is 5.79. The van der Waals surface area contributed by atoms with E-state index in [9.17, 15) is 9.18 Å². The summed E-state index contributed by atoms with van der Waals surface area (Å²) in [4.78, 5) is 11.7. The van der Waals surface area contributed by atoms with Crippen molar-refractivity contribution in [2.45, 2.75) is 32.2 Å². The molecule has 17 heavy (non-hydrogen) atoms. The standard InChI is InChI=1S/C12H16ClFN2O/c1-2-3-7-10(15)12(17)16-11-8(13)5-4-6-9(11)14/h4-6,10H,2-3,7,15H2,1H3,(H,16,17)/t10-/m0/s1. The Hall–Kier alpha value is -1.13. The maximum absolute atomic E-state index is 13.4. The van der Waals surface area contributed by atoms with Crippen LogP contribution in [-0.2, 0) is 4.79 Å². The number of rotatable bonds is 5. The summed E-state index contributed by atoms with van der Waals surface area (Å²) in [5.41, 5.74) is 5.67. The van der Waals surface area contributed by atoms with Gasteiger partial charge >= 0.3 is 0 Å². The van der Waals surface area contributed by atoms with E-state index < -0.39 is 17.8 Å². The minimum absolute atomic E-state index is 0.00823. The van der Waals surface area contributed by atoms with Gasteiger partial charge in [-0.25, -0.2) is 4.39 Å². The Balaban J connectivity index is 2.68. The Morgan fingerprint density at radius 1 is 1.59 bits per heavy atom. The van der Waals surface area contributed by atoms with Crippen LogP contribution in [-0.4, -0.2) is 11.9 Å². The number of hydrogen-bond acceptors (Lipinski definition) is 2. The first kappa shape index (κ1) is 13.9. The van der Waals surface area contributed by atoms with Crippen LogP contribution in [0.15, 0.2) is 18.2 Å². The molecule has 1 aromatic rings. The monoisotopic (exact) mass is 258 g/mol. The van der Waals surface area contributed by atoms with Gasteiger partial charge in [0.15, 0.2) is 0 Å². The Morgan fingerprint density at radius 3 is 2.88 bits per heavy atom. The average Bonchev–Trinajstić information content (AvgIpc) is 2.30. The smallest absolute Gasteiger partial charge is 0.241 e. The van der Waals surface area contributed by atoms with Crippen LogP contribution in [0.1, 0.15) is 26.2 Å². The van der Waals surface area contributed by atoms with Gasteiger partial charge in [0.2, 0.25) is 5.91 Å². The fourth-order valence-electron chi connectivity index (χ4n) is 1.39. The highest BCUT2D eigenvalue weighted by Crippen LogP contribution is 2.24. The van der Waals surface area contributed by atoms with Crippen molar-refractivity contribution >= 4 is 23.2 Å². The normalized spacial score (nSPS) is 12.2. The number of carbonyl (C=O) groups excluding carboxylic acids is 1. The summed E-state index contributed by atoms with van der Waals surface area (Å²) in [6.07, 6.45) is 2.40. The number of para-hydroxylation sites is 1. The summed E-state index contributed by atoms with van der Waals surface area (Å²) in [5, 5.41) is 2.58. The molecule has 3 nitrogen and oxygen atoms in total. The molecule has 0 saturated heterocycles. The van der Waals surface area contributed by atoms with Crippen molar-refractivity contribution in [1.29, 1.82) is 0 Å². The number of amides is 1. The molecule has 5 heteroatoms. The lowest BCUT2D eigenvalue weighted by molar-refractivity contribution is -0.117. The molecule has 0 spiro atoms. The molecule has 0 aliphatic rings. The van der Waals surface area contributed by atoms with Crippen molar-refractivity contribution < 1.29 is 9.18 Å². The van der Waals surface area contributed by atoms with E-state index in [1.165, 1.54) is 18.2 Å². The fraction of sp³-hybridized carbons (Fsp3) is 0.417. The van der Waals surface area contributed by atoms with Gasteiger partial charge in [-0.3, -0.25) is 4.79 Å². The van der Waals surface area contributed by atoms with Gasteiger partial charge in [-0.1, -0.05) is 37.4 Å². The number of hydrogen-bond donors (Lipinski definition) is 2. The molecule has 0 aliphatic carbocycles. The zero-order valence-electron chi connectivity index (χ0n) is 9.67. The molecule has 0 heterocycles. The maximum atomic E-state index is 13.4. The highest BCUT2D eigenvalue weighted by Gasteiger charge is 2.16. The second kappa shape index (κ2) is 6.57. The third kappa shape index (κ3) is 3.98. The Labute approximate surface area is 105 Å². The molecule has 1 amide bonds. The van der Waals surface area contributed by atoms with Gasteiger partial charge in [-0.05, 0) is 18.6 Å². The van der Waals surface area contributed by atoms with E-state index in [1.54, 1.807) is 0 Å². The third-order valence-corrected chi connectivity index (χ3v) is 2.73. The van der Waals surface area contributed by atoms with Crippen LogP contribution in [0.5, 0.6) is 0 Å². The van der Waals surface area contributed by atoms with Gasteiger partial charge in [0.25, 0.3) is 0 Å². The predicted octanol–water partition coefficient (Wildman–Crippen LogP) is 2.94. The van der Waals surface area contributed by atoms with E-state index in [0.717, 1.165) is 12.8 Å². The van der Waals surface area contributed by atoms with Gasteiger partial charge in [-0.15, -0.1) is 0 Å². The summed E-state index contributed by atoms with van der Waals surface area (Å²) in [6, 6.07) is 3.59. The first-order valence-electron chi connectivity index (χ1n) is 5.56. The van der Waals surface area contributed by atoms with E-state index in [4.69, 9.17) is 17.3 Å². The van der Waals surface area contributed by atoms with Gasteiger partial charge in [-0.2, -0.15) is 0 Å². The van der Waals surface area contributed by atoms with Crippen molar-refractivity contribution in [2.75, 3.05) is 5.32 Å². The van der Waals surface area contributed by atoms with Crippen LogP contribution >= 0.6 is 11.6 Å². The molecule has 3 N–H and O–H groups in total. The third-order valence-electron chi connectivity index (χ3n) is 2.42. The second-order valence-electron chi connectivity index (χ2n) is 3.83. The number of carbonyl (C=O) groups is 1. The van der Waals surface area contributed by atoms with Crippen LogP contribution in [0.2, 0.25) is 5.02 Å². The minimum atomic E-state index is -0.634. The Kier molecular flexibility index (Phi) is 5.38. The van der Waals surface area contributed by atoms with Crippen molar-refractivity contribution in [2.24, 2.45) is 5.73 Å². The zero-order chi connectivity index (χ0) is 12.8. The molecular weight excluding hydrogens is 243 g/mol. The van der Waals surface area contributed by atoms with Crippen molar-refractivity contribution in [3.63, 3.8) is 0 Å². The molecule has 0 aromatic heterocycles. The molecule has 94 valence electrons. The largest absolute Gasteiger partial charge is 0.321 e. The van der Waals surface area contributed by atoms with Crippen molar-refractivity contribution in [3.05, 3.63) is 29.0 Å². The number of benzene rings is 1. The second-order valence-corrected chi connectivity index (χ2v) is 4.24. The molecule has 0 fully saturated rings. The summed E-state index contributed by atoms with van der Waals surface area (Å²) in [7, 11) is 0. The number of unbranched alkanes of at least 4 members (excludes halogenated alkanes) is 1. The highest BCUT2D eigenvalue weighted by molar-refractivity contribution is 6.33. The highest BCUT2D eigenvalue weighted by atomic mass is 35.5. The van der Waals surface area contributed by atoms with Gasteiger partial charge in [0.05, 0.1) is 16.8 Å². The lowest BCUT2D eigenvalue weighted by Crippen LogP contribution is -2.35. The number of nitrogens with two attached hydrogens (primary N) is 1. The molecule has 0 unspecified atom stereocenters. The minimum Gasteiger partial charge on any atom is -0.321 e. The van der Waals surface area contributed by atoms with E-state index in [1.807, 2.05) is 6.92 Å². The first-order valence-corrected chi connectivity index (χ1v) is 5.94. The van der Waals surface area contributed by atoms with Gasteiger partial charge < -0.3 is 11.1 Å². The molecule has 0 bridgehead atoms. The lowest BCUT2D eigenvalue weighted by Gasteiger charge is -2.13. The topological polar surface area (TPSA) is 55.1 Å². The Morgan fingerprint density at radius 2 is 2.29 bits per heavy atom. The van der Waals surface area contributed by atoms with E-state index in [0.29, 0.717) is 6.42 Å². The Bertz CT molecular complexity index is 378. The number of halogens is 2. The number of nitrogens with one attached hydrogen (secondary N) is 1. The molecule has 1 atom stereocenters. The summed E-state index contributed by atoms with van der Waals surface area (Å²) in [6.45, 7) is 2.01. The molecular formula is C12H16ClFN2O. The molecule has 1 aromatic carbocycles. The quantitative estimate of drug-likeness (QED) is 0.853.